The Kier molecular flexibility index (Phi) is 8.94. The van der Waals surface area contributed by atoms with Crippen molar-refractivity contribution in [1.29, 1.82) is 0 Å². The quantitative estimate of drug-likeness (QED) is 0.411. The lowest BCUT2D eigenvalue weighted by Crippen LogP contribution is -2.45. The number of nitrogens with zero attached hydrogens (tertiary/aromatic N) is 1. The van der Waals surface area contributed by atoms with Crippen molar-refractivity contribution < 1.29 is 37.2 Å². The van der Waals surface area contributed by atoms with Crippen LogP contribution in [0.5, 0.6) is 0 Å². The second kappa shape index (κ2) is 12.1. The van der Waals surface area contributed by atoms with E-state index in [0.29, 0.717) is 25.4 Å². The van der Waals surface area contributed by atoms with Crippen molar-refractivity contribution in [2.24, 2.45) is 0 Å². The molecule has 5 rings (SSSR count). The molecule has 2 aliphatic heterocycles. The first-order valence-corrected chi connectivity index (χ1v) is 15.2. The standard InChI is InChI=1S/C32H41BF3N3O5/c1-29(2)30(3,4)44-33(43-29)24-10-8-22(9-11-24)31(42)15-12-26(13-16-31)39-17-14-25(20-39)38-27(40)19-37-28(41)21-6-5-7-23(18-21)32(34,35)36/h5-11,18,25-26,42H,12-17,19-20H2,1-4H3,(H,37,41)(H,38,40)/t25-,26-,31+/m1/s1. The zero-order valence-electron chi connectivity index (χ0n) is 25.7. The van der Waals surface area contributed by atoms with Crippen molar-refractivity contribution in [3.63, 3.8) is 0 Å². The molecule has 12 heteroatoms. The van der Waals surface area contributed by atoms with Gasteiger partial charge in [-0.05, 0) is 89.0 Å². The summed E-state index contributed by atoms with van der Waals surface area (Å²) in [6, 6.07) is 12.2. The fourth-order valence-electron chi connectivity index (χ4n) is 6.28. The van der Waals surface area contributed by atoms with Crippen LogP contribution in [0.1, 0.15) is 81.3 Å². The molecule has 0 unspecified atom stereocenters. The van der Waals surface area contributed by atoms with Crippen LogP contribution < -0.4 is 16.1 Å². The van der Waals surface area contributed by atoms with E-state index in [1.165, 1.54) is 6.07 Å². The number of aliphatic hydroxyl groups is 1. The second-order valence-corrected chi connectivity index (χ2v) is 13.3. The highest BCUT2D eigenvalue weighted by Gasteiger charge is 2.51. The number of benzene rings is 2. The molecule has 2 aromatic rings. The van der Waals surface area contributed by atoms with E-state index in [4.69, 9.17) is 9.31 Å². The Hall–Kier alpha value is -2.93. The van der Waals surface area contributed by atoms with Gasteiger partial charge in [0, 0.05) is 30.7 Å². The van der Waals surface area contributed by atoms with Gasteiger partial charge in [0.15, 0.2) is 0 Å². The van der Waals surface area contributed by atoms with Crippen molar-refractivity contribution in [3.05, 3.63) is 65.2 Å². The molecule has 2 saturated heterocycles. The van der Waals surface area contributed by atoms with Crippen LogP contribution in [0.15, 0.2) is 48.5 Å². The van der Waals surface area contributed by atoms with E-state index < -0.39 is 41.6 Å². The molecule has 2 aromatic carbocycles. The van der Waals surface area contributed by atoms with Crippen molar-refractivity contribution >= 4 is 24.4 Å². The first kappa shape index (κ1) is 32.5. The number of carbonyl (C=O) groups is 2. The van der Waals surface area contributed by atoms with Crippen molar-refractivity contribution in [2.45, 2.75) is 94.9 Å². The first-order chi connectivity index (χ1) is 20.6. The lowest BCUT2D eigenvalue weighted by Gasteiger charge is -2.40. The molecule has 0 radical (unpaired) electrons. The van der Waals surface area contributed by atoms with Crippen molar-refractivity contribution in [1.82, 2.24) is 15.5 Å². The third-order valence-corrected chi connectivity index (χ3v) is 9.72. The summed E-state index contributed by atoms with van der Waals surface area (Å²) in [6.45, 7) is 9.24. The average molecular weight is 616 g/mol. The fourth-order valence-corrected chi connectivity index (χ4v) is 6.28. The predicted octanol–water partition coefficient (Wildman–Crippen LogP) is 3.76. The van der Waals surface area contributed by atoms with Crippen LogP contribution in [0.4, 0.5) is 13.2 Å². The minimum atomic E-state index is -4.55. The number of halogens is 3. The molecule has 44 heavy (non-hydrogen) atoms. The highest BCUT2D eigenvalue weighted by Crippen LogP contribution is 2.40. The minimum absolute atomic E-state index is 0.0868. The smallest absolute Gasteiger partial charge is 0.399 e. The van der Waals surface area contributed by atoms with Gasteiger partial charge in [-0.2, -0.15) is 13.2 Å². The van der Waals surface area contributed by atoms with Gasteiger partial charge in [-0.15, -0.1) is 0 Å². The van der Waals surface area contributed by atoms with Crippen molar-refractivity contribution in [2.75, 3.05) is 19.6 Å². The normalized spacial score (nSPS) is 26.9. The molecule has 0 aromatic heterocycles. The molecule has 1 atom stereocenters. The van der Waals surface area contributed by atoms with Gasteiger partial charge in [0.05, 0.1) is 28.9 Å². The van der Waals surface area contributed by atoms with Gasteiger partial charge in [0.2, 0.25) is 5.91 Å². The molecule has 8 nitrogen and oxygen atoms in total. The third-order valence-electron chi connectivity index (χ3n) is 9.72. The predicted molar refractivity (Wildman–Crippen MR) is 160 cm³/mol. The number of likely N-dealkylation sites (tertiary alicyclic amines) is 1. The highest BCUT2D eigenvalue weighted by atomic mass is 19.4. The van der Waals surface area contributed by atoms with Gasteiger partial charge >= 0.3 is 13.3 Å². The molecule has 3 aliphatic rings. The lowest BCUT2D eigenvalue weighted by molar-refractivity contribution is -0.137. The molecule has 0 spiro atoms. The maximum atomic E-state index is 12.9. The summed E-state index contributed by atoms with van der Waals surface area (Å²) >= 11 is 0. The largest absolute Gasteiger partial charge is 0.494 e. The lowest BCUT2D eigenvalue weighted by atomic mass is 9.74. The van der Waals surface area contributed by atoms with Gasteiger partial charge in [0.1, 0.15) is 0 Å². The number of rotatable bonds is 7. The Morgan fingerprint density at radius 2 is 1.64 bits per heavy atom. The molecule has 3 N–H and O–H groups in total. The number of hydrogen-bond donors (Lipinski definition) is 3. The molecule has 1 saturated carbocycles. The maximum absolute atomic E-state index is 12.9. The summed E-state index contributed by atoms with van der Waals surface area (Å²) in [5, 5.41) is 16.8. The van der Waals surface area contributed by atoms with E-state index in [-0.39, 0.29) is 24.1 Å². The molecule has 2 heterocycles. The number of amides is 2. The summed E-state index contributed by atoms with van der Waals surface area (Å²) < 4.78 is 51.1. The maximum Gasteiger partial charge on any atom is 0.494 e. The number of nitrogens with one attached hydrogen (secondary N) is 2. The number of carbonyl (C=O) groups excluding carboxylic acids is 2. The van der Waals surface area contributed by atoms with Gasteiger partial charge < -0.3 is 25.0 Å². The van der Waals surface area contributed by atoms with Crippen LogP contribution >= 0.6 is 0 Å². The van der Waals surface area contributed by atoms with Crippen LogP contribution in [0, 0.1) is 0 Å². The van der Waals surface area contributed by atoms with E-state index in [0.717, 1.165) is 55.0 Å². The van der Waals surface area contributed by atoms with Gasteiger partial charge in [-0.25, -0.2) is 0 Å². The highest BCUT2D eigenvalue weighted by molar-refractivity contribution is 6.62. The first-order valence-electron chi connectivity index (χ1n) is 15.2. The van der Waals surface area contributed by atoms with Crippen LogP contribution in [0.25, 0.3) is 0 Å². The SMILES string of the molecule is CC1(C)OB(c2ccc([C@]3(O)CC[C@@H](N4CC[C@@H](NC(=O)CNC(=O)c5cccc(C(F)(F)F)c5)C4)CC3)cc2)OC1(C)C. The Bertz CT molecular complexity index is 1340. The van der Waals surface area contributed by atoms with E-state index in [1.54, 1.807) is 0 Å². The molecular weight excluding hydrogens is 574 g/mol. The summed E-state index contributed by atoms with van der Waals surface area (Å²) in [6.07, 6.45) is -0.896. The Morgan fingerprint density at radius 3 is 2.25 bits per heavy atom. The molecular formula is C32H41BF3N3O5. The Labute approximate surface area is 256 Å². The Balaban J connectivity index is 1.06. The van der Waals surface area contributed by atoms with Gasteiger partial charge in [-0.1, -0.05) is 30.3 Å². The van der Waals surface area contributed by atoms with E-state index in [9.17, 15) is 27.9 Å². The molecule has 1 aliphatic carbocycles. The average Bonchev–Trinajstić information content (AvgIpc) is 3.52. The molecule has 0 bridgehead atoms. The number of alkyl halides is 3. The minimum Gasteiger partial charge on any atom is -0.399 e. The summed E-state index contributed by atoms with van der Waals surface area (Å²) in [5.74, 6) is -1.13. The molecule has 238 valence electrons. The molecule has 2 amide bonds. The van der Waals surface area contributed by atoms with Crippen LogP contribution in [0.2, 0.25) is 0 Å². The van der Waals surface area contributed by atoms with E-state index in [1.807, 2.05) is 52.0 Å². The third kappa shape index (κ3) is 6.98. The Morgan fingerprint density at radius 1 is 1.00 bits per heavy atom. The van der Waals surface area contributed by atoms with Crippen LogP contribution in [0.3, 0.4) is 0 Å². The van der Waals surface area contributed by atoms with E-state index >= 15 is 0 Å². The topological polar surface area (TPSA) is 100 Å². The zero-order valence-corrected chi connectivity index (χ0v) is 25.7. The second-order valence-electron chi connectivity index (χ2n) is 13.3. The monoisotopic (exact) mass is 615 g/mol. The fraction of sp³-hybridized carbons (Fsp3) is 0.562. The number of hydrogen-bond acceptors (Lipinski definition) is 6. The molecule has 3 fully saturated rings. The van der Waals surface area contributed by atoms with E-state index in [2.05, 4.69) is 15.5 Å². The van der Waals surface area contributed by atoms with Crippen molar-refractivity contribution in [3.8, 4) is 0 Å². The van der Waals surface area contributed by atoms with Crippen LogP contribution in [-0.4, -0.2) is 71.9 Å². The zero-order chi connectivity index (χ0) is 31.9. The summed E-state index contributed by atoms with van der Waals surface area (Å²) in [5.41, 5.74) is -1.02. The van der Waals surface area contributed by atoms with Crippen LogP contribution in [-0.2, 0) is 25.9 Å². The van der Waals surface area contributed by atoms with Gasteiger partial charge in [-0.3, -0.25) is 14.5 Å². The van der Waals surface area contributed by atoms with Gasteiger partial charge in [0.25, 0.3) is 5.91 Å². The summed E-state index contributed by atoms with van der Waals surface area (Å²) in [7, 11) is -0.449. The summed E-state index contributed by atoms with van der Waals surface area (Å²) in [4.78, 5) is 27.1.